The first-order valence-corrected chi connectivity index (χ1v) is 16.2. The summed E-state index contributed by atoms with van der Waals surface area (Å²) in [6.07, 6.45) is 11.2. The molecule has 3 nitrogen and oxygen atoms in total. The number of fused-ring (bicyclic) bond motifs is 1. The van der Waals surface area contributed by atoms with Crippen LogP contribution in [0.15, 0.2) is 36.3 Å². The van der Waals surface area contributed by atoms with E-state index in [1.165, 1.54) is 5.70 Å². The van der Waals surface area contributed by atoms with Gasteiger partial charge in [0.2, 0.25) is 0 Å². The van der Waals surface area contributed by atoms with E-state index < -0.39 is 24.8 Å². The van der Waals surface area contributed by atoms with E-state index in [4.69, 9.17) is 0 Å². The smallest absolute Gasteiger partial charge is 0.169 e. The number of hydrogen-bond donors (Lipinski definition) is 0. The van der Waals surface area contributed by atoms with E-state index in [-0.39, 0.29) is 5.54 Å². The van der Waals surface area contributed by atoms with E-state index in [2.05, 4.69) is 104 Å². The van der Waals surface area contributed by atoms with Gasteiger partial charge in [-0.25, -0.2) is 0 Å². The van der Waals surface area contributed by atoms with Crippen molar-refractivity contribution in [3.8, 4) is 0 Å². The van der Waals surface area contributed by atoms with Gasteiger partial charge in [0.1, 0.15) is 16.5 Å². The summed E-state index contributed by atoms with van der Waals surface area (Å²) >= 11 is 0. The molecule has 0 bridgehead atoms. The molecule has 124 valence electrons. The summed E-state index contributed by atoms with van der Waals surface area (Å²) in [6.45, 7) is 22.0. The average molecular weight is 354 g/mol. The quantitative estimate of drug-likeness (QED) is 0.488. The molecule has 1 unspecified atom stereocenters. The van der Waals surface area contributed by atoms with Gasteiger partial charge in [0.25, 0.3) is 0 Å². The van der Waals surface area contributed by atoms with E-state index in [0.717, 1.165) is 0 Å². The SMILES string of the molecule is CC(C)(C)N1C=C2C=CC=CN2P1N([Si](C)(C)C)[Si](C)(C)C. The minimum atomic E-state index is -1.43. The monoisotopic (exact) mass is 353 g/mol. The van der Waals surface area contributed by atoms with Crippen molar-refractivity contribution in [2.45, 2.75) is 65.6 Å². The highest BCUT2D eigenvalue weighted by atomic mass is 31.2. The molecule has 0 aromatic carbocycles. The lowest BCUT2D eigenvalue weighted by molar-refractivity contribution is 0.333. The van der Waals surface area contributed by atoms with E-state index in [1.54, 1.807) is 0 Å². The van der Waals surface area contributed by atoms with Crippen LogP contribution in [0.1, 0.15) is 20.8 Å². The van der Waals surface area contributed by atoms with Gasteiger partial charge in [0.15, 0.2) is 8.37 Å². The zero-order valence-electron chi connectivity index (χ0n) is 15.7. The molecule has 2 heterocycles. The van der Waals surface area contributed by atoms with Crippen LogP contribution in [-0.2, 0) is 0 Å². The number of allylic oxidation sites excluding steroid dienone is 3. The molecule has 6 heteroatoms. The fraction of sp³-hybridized carbons (Fsp3) is 0.625. The van der Waals surface area contributed by atoms with Crippen LogP contribution in [0.5, 0.6) is 0 Å². The predicted octanol–water partition coefficient (Wildman–Crippen LogP) is 5.53. The molecule has 0 amide bonds. The average Bonchev–Trinajstić information content (AvgIpc) is 2.65. The van der Waals surface area contributed by atoms with Crippen LogP contribution in [-0.4, -0.2) is 35.4 Å². The Morgan fingerprint density at radius 2 is 1.50 bits per heavy atom. The van der Waals surface area contributed by atoms with E-state index >= 15 is 0 Å². The van der Waals surface area contributed by atoms with Crippen molar-refractivity contribution in [3.63, 3.8) is 0 Å². The first-order chi connectivity index (χ1) is 9.83. The molecule has 0 N–H and O–H groups in total. The van der Waals surface area contributed by atoms with Crippen molar-refractivity contribution in [1.82, 2.24) is 13.3 Å². The minimum Gasteiger partial charge on any atom is -0.321 e. The number of rotatable bonds is 3. The van der Waals surface area contributed by atoms with Crippen molar-refractivity contribution >= 4 is 24.8 Å². The lowest BCUT2D eigenvalue weighted by atomic mass is 10.1. The molecule has 0 radical (unpaired) electrons. The highest BCUT2D eigenvalue weighted by Gasteiger charge is 2.49. The molecule has 0 fully saturated rings. The van der Waals surface area contributed by atoms with Gasteiger partial charge in [-0.1, -0.05) is 45.4 Å². The lowest BCUT2D eigenvalue weighted by Gasteiger charge is -2.53. The molecule has 2 rings (SSSR count). The molecule has 22 heavy (non-hydrogen) atoms. The second kappa shape index (κ2) is 5.62. The van der Waals surface area contributed by atoms with Crippen molar-refractivity contribution in [2.24, 2.45) is 0 Å². The van der Waals surface area contributed by atoms with Gasteiger partial charge >= 0.3 is 0 Å². The summed E-state index contributed by atoms with van der Waals surface area (Å²) in [5.41, 5.74) is 1.47. The molecule has 0 saturated carbocycles. The molecule has 0 aromatic heterocycles. The molecular weight excluding hydrogens is 321 g/mol. The minimum absolute atomic E-state index is 0.134. The summed E-state index contributed by atoms with van der Waals surface area (Å²) in [4.78, 5) is 0. The normalized spacial score (nSPS) is 22.5. The van der Waals surface area contributed by atoms with Gasteiger partial charge < -0.3 is 4.67 Å². The van der Waals surface area contributed by atoms with E-state index in [0.29, 0.717) is 0 Å². The van der Waals surface area contributed by atoms with Gasteiger partial charge in [-0.2, -0.15) is 0 Å². The molecule has 0 aliphatic carbocycles. The first kappa shape index (κ1) is 18.0. The molecule has 1 atom stereocenters. The van der Waals surface area contributed by atoms with Crippen LogP contribution in [0.2, 0.25) is 39.3 Å². The Bertz CT molecular complexity index is 507. The zero-order valence-corrected chi connectivity index (χ0v) is 18.6. The highest BCUT2D eigenvalue weighted by Crippen LogP contribution is 2.62. The highest BCUT2D eigenvalue weighted by molar-refractivity contribution is 7.56. The molecule has 2 aliphatic heterocycles. The maximum absolute atomic E-state index is 2.95. The Balaban J connectivity index is 2.53. The van der Waals surface area contributed by atoms with Crippen molar-refractivity contribution < 1.29 is 0 Å². The van der Waals surface area contributed by atoms with Gasteiger partial charge in [0.05, 0.1) is 5.70 Å². The maximum atomic E-state index is 2.95. The van der Waals surface area contributed by atoms with Crippen LogP contribution in [0, 0.1) is 0 Å². The van der Waals surface area contributed by atoms with Gasteiger partial charge in [-0.05, 0) is 32.9 Å². The van der Waals surface area contributed by atoms with Crippen LogP contribution >= 0.6 is 8.37 Å². The predicted molar refractivity (Wildman–Crippen MR) is 105 cm³/mol. The number of nitrogens with zero attached hydrogens (tertiary/aromatic N) is 3. The number of hydrogen-bond acceptors (Lipinski definition) is 3. The molecule has 2 aliphatic rings. The fourth-order valence-electron chi connectivity index (χ4n) is 3.19. The van der Waals surface area contributed by atoms with E-state index in [1.807, 2.05) is 0 Å². The van der Waals surface area contributed by atoms with Crippen molar-refractivity contribution in [2.75, 3.05) is 0 Å². The lowest BCUT2D eigenvalue weighted by Crippen LogP contribution is -2.59. The van der Waals surface area contributed by atoms with Crippen LogP contribution in [0.25, 0.3) is 0 Å². The largest absolute Gasteiger partial charge is 0.321 e. The Hall–Kier alpha value is -0.356. The molecule has 0 saturated heterocycles. The first-order valence-electron chi connectivity index (χ1n) is 8.09. The Labute approximate surface area is 140 Å². The third-order valence-electron chi connectivity index (χ3n) is 3.65. The second-order valence-corrected chi connectivity index (χ2v) is 21.6. The standard InChI is InChI=1S/C16H32N3PSi2/c1-16(2,3)18-14-15-12-10-11-13-17(15)20(18)19(21(4,5)6)22(7,8)9/h10-14H,1-9H3. The van der Waals surface area contributed by atoms with Crippen LogP contribution in [0.3, 0.4) is 0 Å². The van der Waals surface area contributed by atoms with E-state index in [9.17, 15) is 0 Å². The summed E-state index contributed by atoms with van der Waals surface area (Å²) < 4.78 is 8.10. The maximum Gasteiger partial charge on any atom is 0.169 e. The van der Waals surface area contributed by atoms with Crippen LogP contribution < -0.4 is 0 Å². The summed E-state index contributed by atoms with van der Waals surface area (Å²) in [7, 11) is -3.37. The third kappa shape index (κ3) is 3.43. The Morgan fingerprint density at radius 3 is 1.95 bits per heavy atom. The Kier molecular flexibility index (Phi) is 4.60. The van der Waals surface area contributed by atoms with Crippen LogP contribution in [0.4, 0.5) is 0 Å². The molecule has 0 spiro atoms. The third-order valence-corrected chi connectivity index (χ3v) is 17.1. The zero-order chi connectivity index (χ0) is 16.9. The second-order valence-electron chi connectivity index (χ2n) is 9.04. The molecular formula is C16H32N3PSi2. The van der Waals surface area contributed by atoms with Gasteiger partial charge in [-0.15, -0.1) is 0 Å². The topological polar surface area (TPSA) is 9.72 Å². The summed E-state index contributed by atoms with van der Waals surface area (Å²) in [5, 5.41) is 0. The molecule has 0 aromatic rings. The summed E-state index contributed by atoms with van der Waals surface area (Å²) in [6, 6.07) is 0. The summed E-state index contributed by atoms with van der Waals surface area (Å²) in [5.74, 6) is 0. The Morgan fingerprint density at radius 1 is 0.955 bits per heavy atom. The van der Waals surface area contributed by atoms with Gasteiger partial charge in [-0.3, -0.25) is 8.67 Å². The van der Waals surface area contributed by atoms with Gasteiger partial charge in [0, 0.05) is 17.9 Å². The van der Waals surface area contributed by atoms with Crippen molar-refractivity contribution in [3.05, 3.63) is 36.3 Å². The van der Waals surface area contributed by atoms with Crippen molar-refractivity contribution in [1.29, 1.82) is 0 Å². The fourth-order valence-corrected chi connectivity index (χ4v) is 18.6.